The van der Waals surface area contributed by atoms with Gasteiger partial charge in [0.2, 0.25) is 0 Å². The van der Waals surface area contributed by atoms with E-state index in [1.807, 2.05) is 18.2 Å². The van der Waals surface area contributed by atoms with Crippen LogP contribution in [0.3, 0.4) is 0 Å². The molecule has 0 spiro atoms. The Morgan fingerprint density at radius 2 is 2.00 bits per heavy atom. The summed E-state index contributed by atoms with van der Waals surface area (Å²) in [5.74, 6) is -0.937. The monoisotopic (exact) mass is 420 g/mol. The number of halogens is 3. The Morgan fingerprint density at radius 3 is 2.68 bits per heavy atom. The molecule has 0 radical (unpaired) electrons. The van der Waals surface area contributed by atoms with Crippen molar-refractivity contribution in [1.29, 1.82) is 0 Å². The molecule has 144 valence electrons. The zero-order valence-electron chi connectivity index (χ0n) is 14.7. The van der Waals surface area contributed by atoms with Gasteiger partial charge in [-0.05, 0) is 23.8 Å². The molecule has 1 aliphatic rings. The van der Waals surface area contributed by atoms with Gasteiger partial charge in [-0.15, -0.1) is 0 Å². The van der Waals surface area contributed by atoms with E-state index >= 15 is 0 Å². The SMILES string of the molecule is COC(=O)c1cn(C(Cl)C2(c3ccc(F)cc3)OC2c2ccccc2Cl)cn1. The van der Waals surface area contributed by atoms with Crippen LogP contribution in [-0.4, -0.2) is 22.6 Å². The molecular weight excluding hydrogens is 406 g/mol. The number of rotatable bonds is 5. The predicted molar refractivity (Wildman–Crippen MR) is 102 cm³/mol. The molecule has 0 aliphatic carbocycles. The van der Waals surface area contributed by atoms with Gasteiger partial charge in [0.05, 0.1) is 13.4 Å². The van der Waals surface area contributed by atoms with Crippen molar-refractivity contribution in [1.82, 2.24) is 9.55 Å². The van der Waals surface area contributed by atoms with Gasteiger partial charge in [0.1, 0.15) is 17.4 Å². The van der Waals surface area contributed by atoms with Crippen molar-refractivity contribution in [2.24, 2.45) is 0 Å². The number of ether oxygens (including phenoxy) is 2. The first-order valence-electron chi connectivity index (χ1n) is 8.41. The van der Waals surface area contributed by atoms with E-state index in [9.17, 15) is 9.18 Å². The quantitative estimate of drug-likeness (QED) is 0.335. The second-order valence-corrected chi connectivity index (χ2v) is 7.17. The van der Waals surface area contributed by atoms with E-state index in [0.717, 1.165) is 5.56 Å². The summed E-state index contributed by atoms with van der Waals surface area (Å²) in [6, 6.07) is 13.2. The summed E-state index contributed by atoms with van der Waals surface area (Å²) in [6.07, 6.45) is 2.47. The van der Waals surface area contributed by atoms with Crippen LogP contribution in [0.25, 0.3) is 0 Å². The Hall–Kier alpha value is -2.41. The van der Waals surface area contributed by atoms with Gasteiger partial charge >= 0.3 is 5.97 Å². The Balaban J connectivity index is 1.76. The molecule has 2 aromatic carbocycles. The van der Waals surface area contributed by atoms with E-state index in [0.29, 0.717) is 10.6 Å². The average molecular weight is 421 g/mol. The Morgan fingerprint density at radius 1 is 1.29 bits per heavy atom. The Bertz CT molecular complexity index is 1020. The molecular formula is C20H15Cl2FN2O3. The molecule has 28 heavy (non-hydrogen) atoms. The maximum Gasteiger partial charge on any atom is 0.358 e. The van der Waals surface area contributed by atoms with Crippen LogP contribution < -0.4 is 0 Å². The molecule has 1 aromatic heterocycles. The van der Waals surface area contributed by atoms with Crippen molar-refractivity contribution >= 4 is 29.2 Å². The van der Waals surface area contributed by atoms with Crippen molar-refractivity contribution in [3.05, 3.63) is 88.7 Å². The highest BCUT2D eigenvalue weighted by Crippen LogP contribution is 2.64. The van der Waals surface area contributed by atoms with Crippen LogP contribution in [0.5, 0.6) is 0 Å². The number of alkyl halides is 1. The van der Waals surface area contributed by atoms with Gasteiger partial charge in [-0.3, -0.25) is 0 Å². The van der Waals surface area contributed by atoms with Crippen molar-refractivity contribution < 1.29 is 18.7 Å². The number of nitrogens with zero attached hydrogens (tertiary/aromatic N) is 2. The van der Waals surface area contributed by atoms with E-state index in [4.69, 9.17) is 27.9 Å². The third-order valence-electron chi connectivity index (χ3n) is 4.74. The third-order valence-corrected chi connectivity index (χ3v) is 5.63. The highest BCUT2D eigenvalue weighted by molar-refractivity contribution is 6.31. The van der Waals surface area contributed by atoms with E-state index in [2.05, 4.69) is 9.72 Å². The molecule has 3 aromatic rings. The van der Waals surface area contributed by atoms with Crippen LogP contribution in [0.4, 0.5) is 4.39 Å². The zero-order valence-corrected chi connectivity index (χ0v) is 16.2. The van der Waals surface area contributed by atoms with Gasteiger partial charge in [0, 0.05) is 16.8 Å². The first-order chi connectivity index (χ1) is 13.5. The third kappa shape index (κ3) is 3.07. The fourth-order valence-electron chi connectivity index (χ4n) is 3.28. The molecule has 1 aliphatic heterocycles. The topological polar surface area (TPSA) is 56.6 Å². The van der Waals surface area contributed by atoms with Gasteiger partial charge in [0.15, 0.2) is 11.3 Å². The fraction of sp³-hybridized carbons (Fsp3) is 0.200. The summed E-state index contributed by atoms with van der Waals surface area (Å²) < 4.78 is 25.8. The van der Waals surface area contributed by atoms with Crippen molar-refractivity contribution in [3.63, 3.8) is 0 Å². The fourth-order valence-corrected chi connectivity index (χ4v) is 3.92. The van der Waals surface area contributed by atoms with Crippen molar-refractivity contribution in [2.45, 2.75) is 17.2 Å². The normalized spacial score (nSPS) is 21.9. The first kappa shape index (κ1) is 18.9. The van der Waals surface area contributed by atoms with E-state index < -0.39 is 23.2 Å². The lowest BCUT2D eigenvalue weighted by atomic mass is 9.91. The molecule has 0 saturated carbocycles. The summed E-state index contributed by atoms with van der Waals surface area (Å²) in [4.78, 5) is 15.8. The minimum atomic E-state index is -1.01. The van der Waals surface area contributed by atoms with Crippen LogP contribution in [0.15, 0.2) is 61.1 Å². The summed E-state index contributed by atoms with van der Waals surface area (Å²) in [6.45, 7) is 0. The molecule has 0 bridgehead atoms. The van der Waals surface area contributed by atoms with Crippen LogP contribution >= 0.6 is 23.2 Å². The van der Waals surface area contributed by atoms with Crippen LogP contribution in [0.2, 0.25) is 5.02 Å². The number of imidazole rings is 1. The second-order valence-electron chi connectivity index (χ2n) is 6.35. The molecule has 2 heterocycles. The highest BCUT2D eigenvalue weighted by Gasteiger charge is 2.64. The van der Waals surface area contributed by atoms with Crippen LogP contribution in [-0.2, 0) is 15.1 Å². The molecule has 3 atom stereocenters. The minimum Gasteiger partial charge on any atom is -0.464 e. The van der Waals surface area contributed by atoms with Crippen LogP contribution in [0.1, 0.15) is 33.2 Å². The number of benzene rings is 2. The number of epoxide rings is 1. The highest BCUT2D eigenvalue weighted by atomic mass is 35.5. The van der Waals surface area contributed by atoms with Crippen LogP contribution in [0, 0.1) is 5.82 Å². The van der Waals surface area contributed by atoms with Gasteiger partial charge < -0.3 is 14.0 Å². The lowest BCUT2D eigenvalue weighted by Gasteiger charge is -2.21. The largest absolute Gasteiger partial charge is 0.464 e. The Labute approximate surface area is 170 Å². The molecule has 8 heteroatoms. The first-order valence-corrected chi connectivity index (χ1v) is 9.23. The molecule has 5 nitrogen and oxygen atoms in total. The zero-order chi connectivity index (χ0) is 19.9. The molecule has 4 rings (SSSR count). The number of hydrogen-bond donors (Lipinski definition) is 0. The van der Waals surface area contributed by atoms with Gasteiger partial charge in [-0.2, -0.15) is 0 Å². The lowest BCUT2D eigenvalue weighted by Crippen LogP contribution is -2.22. The lowest BCUT2D eigenvalue weighted by molar-refractivity contribution is 0.0594. The minimum absolute atomic E-state index is 0.123. The standard InChI is InChI=1S/C20H15Cl2FN2O3/c1-27-18(26)16-10-25(11-24-16)19(22)20(12-6-8-13(23)9-7-12)17(28-20)14-4-2-3-5-15(14)21/h2-11,17,19H,1H3. The van der Waals surface area contributed by atoms with Gasteiger partial charge in [0.25, 0.3) is 0 Å². The molecule has 0 N–H and O–H groups in total. The number of carbonyl (C=O) groups is 1. The number of methoxy groups -OCH3 is 1. The molecule has 0 amide bonds. The number of aromatic nitrogens is 2. The molecule has 3 unspecified atom stereocenters. The average Bonchev–Trinajstić information content (AvgIpc) is 3.26. The van der Waals surface area contributed by atoms with E-state index in [1.54, 1.807) is 22.8 Å². The number of carbonyl (C=O) groups excluding carboxylic acids is 1. The maximum absolute atomic E-state index is 13.5. The summed E-state index contributed by atoms with van der Waals surface area (Å²) in [5.41, 5.74) is -0.198. The molecule has 1 saturated heterocycles. The second kappa shape index (κ2) is 7.20. The van der Waals surface area contributed by atoms with Gasteiger partial charge in [-0.1, -0.05) is 53.5 Å². The number of esters is 1. The summed E-state index contributed by atoms with van der Waals surface area (Å²) in [7, 11) is 1.27. The summed E-state index contributed by atoms with van der Waals surface area (Å²) >= 11 is 13.2. The van der Waals surface area contributed by atoms with E-state index in [-0.39, 0.29) is 11.5 Å². The maximum atomic E-state index is 13.5. The molecule has 1 fully saturated rings. The predicted octanol–water partition coefficient (Wildman–Crippen LogP) is 4.87. The Kier molecular flexibility index (Phi) is 4.87. The summed E-state index contributed by atoms with van der Waals surface area (Å²) in [5, 5.41) is 0.543. The van der Waals surface area contributed by atoms with Crippen molar-refractivity contribution in [3.8, 4) is 0 Å². The van der Waals surface area contributed by atoms with E-state index in [1.165, 1.54) is 31.8 Å². The van der Waals surface area contributed by atoms with Gasteiger partial charge in [-0.25, -0.2) is 14.2 Å². The number of hydrogen-bond acceptors (Lipinski definition) is 4. The van der Waals surface area contributed by atoms with Crippen molar-refractivity contribution in [2.75, 3.05) is 7.11 Å². The smallest absolute Gasteiger partial charge is 0.358 e.